The number of methoxy groups -OCH3 is 1. The summed E-state index contributed by atoms with van der Waals surface area (Å²) in [6.45, 7) is 5.50. The van der Waals surface area contributed by atoms with Gasteiger partial charge in [0, 0.05) is 32.5 Å². The number of nitrogens with one attached hydrogen (secondary N) is 1. The summed E-state index contributed by atoms with van der Waals surface area (Å²) in [5, 5.41) is 4.35. The van der Waals surface area contributed by atoms with Crippen molar-refractivity contribution in [1.29, 1.82) is 0 Å². The fourth-order valence-electron chi connectivity index (χ4n) is 2.30. The highest BCUT2D eigenvalue weighted by Gasteiger charge is 2.26. The van der Waals surface area contributed by atoms with Crippen molar-refractivity contribution in [3.05, 3.63) is 11.9 Å². The third kappa shape index (κ3) is 10.1. The molecule has 0 atom stereocenters. The largest absolute Gasteiger partial charge is 0.444 e. The Morgan fingerprint density at radius 3 is 2.12 bits per heavy atom. The minimum absolute atomic E-state index is 0.0943. The maximum atomic E-state index is 11.7. The number of alkyl carbamates (subject to hydrolysis) is 1. The molecule has 0 spiro atoms. The molecule has 24 heavy (non-hydrogen) atoms. The third-order valence-corrected chi connectivity index (χ3v) is 3.27. The van der Waals surface area contributed by atoms with Crippen LogP contribution in [0, 0.1) is 0 Å². The van der Waals surface area contributed by atoms with Crippen LogP contribution in [0.5, 0.6) is 0 Å². The molecule has 1 fully saturated rings. The molecule has 0 aromatic heterocycles. The van der Waals surface area contributed by atoms with Crippen LogP contribution in [0.2, 0.25) is 0 Å². The van der Waals surface area contributed by atoms with Gasteiger partial charge in [-0.05, 0) is 46.5 Å². The second kappa shape index (κ2) is 10.9. The van der Waals surface area contributed by atoms with Gasteiger partial charge < -0.3 is 25.5 Å². The van der Waals surface area contributed by atoms with E-state index in [2.05, 4.69) is 10.1 Å². The molecule has 1 amide bonds. The molecule has 0 unspecified atom stereocenters. The average Bonchev–Trinajstić information content (AvgIpc) is 2.46. The molecule has 1 aliphatic carbocycles. The van der Waals surface area contributed by atoms with Crippen molar-refractivity contribution in [2.24, 2.45) is 11.6 Å². The van der Waals surface area contributed by atoms with Gasteiger partial charge in [-0.3, -0.25) is 4.79 Å². The van der Waals surface area contributed by atoms with Crippen molar-refractivity contribution in [3.8, 4) is 0 Å². The van der Waals surface area contributed by atoms with E-state index in [0.29, 0.717) is 6.29 Å². The maximum Gasteiger partial charge on any atom is 0.407 e. The van der Waals surface area contributed by atoms with E-state index in [4.69, 9.17) is 16.3 Å². The first-order valence-electron chi connectivity index (χ1n) is 7.98. The van der Waals surface area contributed by atoms with Crippen LogP contribution in [0.25, 0.3) is 0 Å². The number of carbonyl (C=O) groups is 2. The number of rotatable bonds is 4. The zero-order valence-electron chi connectivity index (χ0n) is 15.4. The summed E-state index contributed by atoms with van der Waals surface area (Å²) < 4.78 is 9.48. The van der Waals surface area contributed by atoms with Gasteiger partial charge in [0.15, 0.2) is 6.29 Å². The Bertz CT molecular complexity index is 413. The van der Waals surface area contributed by atoms with Crippen molar-refractivity contribution in [2.75, 3.05) is 14.2 Å². The summed E-state index contributed by atoms with van der Waals surface area (Å²) in [6.07, 6.45) is 4.88. The number of allylic oxidation sites excluding steroid dienone is 1. The molecule has 0 saturated heterocycles. The number of aldehydes is 1. The van der Waals surface area contributed by atoms with Crippen LogP contribution in [0.15, 0.2) is 11.9 Å². The molecule has 1 saturated carbocycles. The monoisotopic (exact) mass is 344 g/mol. The number of nitrogens with two attached hydrogens (primary N) is 2. The molecule has 0 aromatic rings. The van der Waals surface area contributed by atoms with Crippen LogP contribution in [0.3, 0.4) is 0 Å². The zero-order valence-corrected chi connectivity index (χ0v) is 15.4. The number of ether oxygens (including phenoxy) is 2. The van der Waals surface area contributed by atoms with Gasteiger partial charge in [0.1, 0.15) is 5.60 Å². The van der Waals surface area contributed by atoms with Crippen LogP contribution in [0.1, 0.15) is 46.5 Å². The smallest absolute Gasteiger partial charge is 0.407 e. The summed E-state index contributed by atoms with van der Waals surface area (Å²) in [6, 6.07) is 0.220. The topological polar surface area (TPSA) is 120 Å². The van der Waals surface area contributed by atoms with E-state index >= 15 is 0 Å². The van der Waals surface area contributed by atoms with E-state index in [-0.39, 0.29) is 23.9 Å². The summed E-state index contributed by atoms with van der Waals surface area (Å²) in [5.41, 5.74) is 5.04. The number of amides is 1. The molecular formula is C16H32N4O4. The lowest BCUT2D eigenvalue weighted by molar-refractivity contribution is -0.105. The minimum atomic E-state index is -0.494. The Hall–Kier alpha value is -1.80. The van der Waals surface area contributed by atoms with Gasteiger partial charge in [-0.1, -0.05) is 0 Å². The molecule has 8 nitrogen and oxygen atoms in total. The van der Waals surface area contributed by atoms with Crippen molar-refractivity contribution >= 4 is 12.4 Å². The number of hydrogen-bond acceptors (Lipinski definition) is 7. The number of hydrogen-bond donors (Lipinski definition) is 3. The molecule has 0 radical (unpaired) electrons. The van der Waals surface area contributed by atoms with Crippen LogP contribution < -0.4 is 16.9 Å². The highest BCUT2D eigenvalue weighted by Crippen LogP contribution is 2.22. The molecule has 8 heteroatoms. The Labute approximate surface area is 144 Å². The first-order chi connectivity index (χ1) is 11.1. The number of nitrogens with zero attached hydrogens (tertiary/aromatic N) is 1. The van der Waals surface area contributed by atoms with Gasteiger partial charge in [0.25, 0.3) is 0 Å². The minimum Gasteiger partial charge on any atom is -0.444 e. The summed E-state index contributed by atoms with van der Waals surface area (Å²) in [7, 11) is 3.25. The molecule has 0 bridgehead atoms. The first kappa shape index (κ1) is 22.2. The molecule has 1 rings (SSSR count). The fraction of sp³-hybridized carbons (Fsp3) is 0.750. The first-order valence-corrected chi connectivity index (χ1v) is 7.98. The Kier molecular flexibility index (Phi) is 10.1. The average molecular weight is 344 g/mol. The standard InChI is InChI=1S/C14H26N4O3.C2H6O/c1-14(2,3)21-13(20)17-11-4-6-12(7-5-11)18(16)8-10(15)9-19;1-3-2/h8-9,11-12H,4-7,15-16H2,1-3H3,(H,17,20);1-2H3/b10-8-;. The third-order valence-electron chi connectivity index (χ3n) is 3.27. The highest BCUT2D eigenvalue weighted by molar-refractivity contribution is 5.71. The Balaban J connectivity index is 0.00000163. The quantitative estimate of drug-likeness (QED) is 0.304. The van der Waals surface area contributed by atoms with Crippen molar-refractivity contribution in [2.45, 2.75) is 64.1 Å². The van der Waals surface area contributed by atoms with Crippen LogP contribution in [-0.2, 0) is 14.3 Å². The molecular weight excluding hydrogens is 312 g/mol. The lowest BCUT2D eigenvalue weighted by Crippen LogP contribution is -2.46. The molecule has 0 heterocycles. The van der Waals surface area contributed by atoms with E-state index in [9.17, 15) is 9.59 Å². The highest BCUT2D eigenvalue weighted by atomic mass is 16.6. The van der Waals surface area contributed by atoms with Crippen LogP contribution >= 0.6 is 0 Å². The maximum absolute atomic E-state index is 11.7. The Morgan fingerprint density at radius 1 is 1.21 bits per heavy atom. The lowest BCUT2D eigenvalue weighted by atomic mass is 9.91. The predicted octanol–water partition coefficient (Wildman–Crippen LogP) is 1.26. The fourth-order valence-corrected chi connectivity index (χ4v) is 2.30. The van der Waals surface area contributed by atoms with Gasteiger partial charge in [-0.25, -0.2) is 10.6 Å². The zero-order chi connectivity index (χ0) is 18.8. The van der Waals surface area contributed by atoms with Crippen molar-refractivity contribution in [3.63, 3.8) is 0 Å². The van der Waals surface area contributed by atoms with E-state index in [1.807, 2.05) is 20.8 Å². The van der Waals surface area contributed by atoms with Crippen LogP contribution in [0.4, 0.5) is 4.79 Å². The lowest BCUT2D eigenvalue weighted by Gasteiger charge is -2.34. The SMILES string of the molecule is CC(C)(C)OC(=O)NC1CCC(N(N)/C=C(\N)C=O)CC1.COC. The number of carbonyl (C=O) groups excluding carboxylic acids is 2. The summed E-state index contributed by atoms with van der Waals surface area (Å²) >= 11 is 0. The second-order valence-electron chi connectivity index (χ2n) is 6.75. The molecule has 0 aromatic carbocycles. The predicted molar refractivity (Wildman–Crippen MR) is 92.7 cm³/mol. The summed E-state index contributed by atoms with van der Waals surface area (Å²) in [4.78, 5) is 22.2. The van der Waals surface area contributed by atoms with Gasteiger partial charge in [0.2, 0.25) is 0 Å². The second-order valence-corrected chi connectivity index (χ2v) is 6.75. The normalized spacial score (nSPS) is 21.2. The van der Waals surface area contributed by atoms with Gasteiger partial charge >= 0.3 is 6.09 Å². The van der Waals surface area contributed by atoms with Crippen molar-refractivity contribution in [1.82, 2.24) is 10.3 Å². The molecule has 140 valence electrons. The number of hydrazine groups is 1. The van der Waals surface area contributed by atoms with E-state index in [0.717, 1.165) is 25.7 Å². The molecule has 5 N–H and O–H groups in total. The van der Waals surface area contributed by atoms with Crippen LogP contribution in [-0.4, -0.2) is 49.3 Å². The van der Waals surface area contributed by atoms with Gasteiger partial charge in [-0.15, -0.1) is 0 Å². The molecule has 1 aliphatic rings. The Morgan fingerprint density at radius 2 is 1.71 bits per heavy atom. The summed E-state index contributed by atoms with van der Waals surface area (Å²) in [5.74, 6) is 5.86. The molecule has 0 aliphatic heterocycles. The van der Waals surface area contributed by atoms with Gasteiger partial charge in [0.05, 0.1) is 5.70 Å². The van der Waals surface area contributed by atoms with Crippen molar-refractivity contribution < 1.29 is 19.1 Å². The van der Waals surface area contributed by atoms with Gasteiger partial charge in [-0.2, -0.15) is 0 Å². The van der Waals surface area contributed by atoms with E-state index < -0.39 is 5.60 Å². The van der Waals surface area contributed by atoms with E-state index in [1.54, 1.807) is 14.2 Å². The van der Waals surface area contributed by atoms with E-state index in [1.165, 1.54) is 11.2 Å².